The SMILES string of the molecule is CC1OC1Cl.OCC(O)CO.P. The summed E-state index contributed by atoms with van der Waals surface area (Å²) in [6, 6.07) is 0. The average molecular weight is 219 g/mol. The minimum Gasteiger partial charge on any atom is -0.394 e. The van der Waals surface area contributed by atoms with Gasteiger partial charge in [0.25, 0.3) is 0 Å². The van der Waals surface area contributed by atoms with Crippen LogP contribution in [0.4, 0.5) is 0 Å². The van der Waals surface area contributed by atoms with E-state index in [1.54, 1.807) is 0 Å². The van der Waals surface area contributed by atoms with Gasteiger partial charge in [0.15, 0.2) is 5.56 Å². The lowest BCUT2D eigenvalue weighted by Gasteiger charge is -1.96. The van der Waals surface area contributed by atoms with Gasteiger partial charge in [0.2, 0.25) is 0 Å². The maximum Gasteiger partial charge on any atom is 0.157 e. The largest absolute Gasteiger partial charge is 0.394 e. The number of hydrogen-bond donors (Lipinski definition) is 3. The van der Waals surface area contributed by atoms with Crippen molar-refractivity contribution < 1.29 is 20.1 Å². The van der Waals surface area contributed by atoms with Crippen LogP contribution >= 0.6 is 21.5 Å². The Morgan fingerprint density at radius 2 is 1.67 bits per heavy atom. The number of halogens is 1. The third-order valence-electron chi connectivity index (χ3n) is 1.06. The molecule has 0 spiro atoms. The first-order valence-electron chi connectivity index (χ1n) is 3.31. The normalized spacial score (nSPS) is 25.5. The Balaban J connectivity index is 0. The Morgan fingerprint density at radius 3 is 1.67 bits per heavy atom. The number of rotatable bonds is 2. The molecule has 3 N–H and O–H groups in total. The van der Waals surface area contributed by atoms with E-state index in [1.165, 1.54) is 0 Å². The lowest BCUT2D eigenvalue weighted by molar-refractivity contribution is 0.0450. The van der Waals surface area contributed by atoms with E-state index in [0.29, 0.717) is 6.10 Å². The molecule has 1 rings (SSSR count). The molecular formula is C6H16ClO4P. The van der Waals surface area contributed by atoms with E-state index in [4.69, 9.17) is 26.9 Å². The van der Waals surface area contributed by atoms with E-state index in [9.17, 15) is 0 Å². The summed E-state index contributed by atoms with van der Waals surface area (Å²) in [5, 5.41) is 24.0. The fourth-order valence-corrected chi connectivity index (χ4v) is 0.380. The molecule has 4 nitrogen and oxygen atoms in total. The smallest absolute Gasteiger partial charge is 0.157 e. The summed E-state index contributed by atoms with van der Waals surface area (Å²) < 4.78 is 4.68. The Bertz CT molecular complexity index is 95.5. The van der Waals surface area contributed by atoms with Gasteiger partial charge in [-0.2, -0.15) is 9.90 Å². The fraction of sp³-hybridized carbons (Fsp3) is 1.00. The van der Waals surface area contributed by atoms with Gasteiger partial charge in [0.05, 0.1) is 19.3 Å². The highest BCUT2D eigenvalue weighted by molar-refractivity contribution is 6.92. The number of aliphatic hydroxyl groups excluding tert-OH is 3. The van der Waals surface area contributed by atoms with Crippen molar-refractivity contribution in [3.05, 3.63) is 0 Å². The van der Waals surface area contributed by atoms with Crippen molar-refractivity contribution in [1.82, 2.24) is 0 Å². The van der Waals surface area contributed by atoms with Crippen LogP contribution in [0.25, 0.3) is 0 Å². The minimum absolute atomic E-state index is 0. The van der Waals surface area contributed by atoms with E-state index in [1.807, 2.05) is 6.92 Å². The molecule has 0 aromatic heterocycles. The topological polar surface area (TPSA) is 73.2 Å². The molecule has 0 saturated carbocycles. The van der Waals surface area contributed by atoms with E-state index in [-0.39, 0.29) is 28.7 Å². The van der Waals surface area contributed by atoms with E-state index < -0.39 is 6.10 Å². The Labute approximate surface area is 80.1 Å². The van der Waals surface area contributed by atoms with Gasteiger partial charge in [-0.1, -0.05) is 11.6 Å². The van der Waals surface area contributed by atoms with Crippen LogP contribution in [0.1, 0.15) is 6.92 Å². The van der Waals surface area contributed by atoms with Crippen molar-refractivity contribution in [3.8, 4) is 0 Å². The first kappa shape index (κ1) is 15.1. The molecule has 0 aromatic rings. The lowest BCUT2D eigenvalue weighted by atomic mass is 10.4. The van der Waals surface area contributed by atoms with Crippen LogP contribution in [0.3, 0.4) is 0 Å². The van der Waals surface area contributed by atoms with Crippen LogP contribution in [0.15, 0.2) is 0 Å². The van der Waals surface area contributed by atoms with E-state index in [0.717, 1.165) is 0 Å². The van der Waals surface area contributed by atoms with Gasteiger partial charge in [-0.3, -0.25) is 0 Å². The van der Waals surface area contributed by atoms with Gasteiger partial charge < -0.3 is 20.1 Å². The molecular weight excluding hydrogens is 202 g/mol. The lowest BCUT2D eigenvalue weighted by Crippen LogP contribution is -2.15. The van der Waals surface area contributed by atoms with Crippen LogP contribution in [0.5, 0.6) is 0 Å². The molecule has 3 atom stereocenters. The summed E-state index contributed by atoms with van der Waals surface area (Å²) in [4.78, 5) is 0. The summed E-state index contributed by atoms with van der Waals surface area (Å²) in [6.45, 7) is 1.21. The summed E-state index contributed by atoms with van der Waals surface area (Å²) in [7, 11) is 0. The molecule has 1 heterocycles. The Hall–Kier alpha value is 0.560. The van der Waals surface area contributed by atoms with Gasteiger partial charge in [-0.25, -0.2) is 0 Å². The molecule has 3 unspecified atom stereocenters. The molecule has 1 aliphatic rings. The Kier molecular flexibility index (Phi) is 10.2. The van der Waals surface area contributed by atoms with Crippen LogP contribution < -0.4 is 0 Å². The van der Waals surface area contributed by atoms with Gasteiger partial charge >= 0.3 is 0 Å². The van der Waals surface area contributed by atoms with Gasteiger partial charge in [0.1, 0.15) is 6.10 Å². The molecule has 1 aliphatic heterocycles. The van der Waals surface area contributed by atoms with Crippen LogP contribution in [0.2, 0.25) is 0 Å². The van der Waals surface area contributed by atoms with Crippen molar-refractivity contribution in [2.24, 2.45) is 0 Å². The van der Waals surface area contributed by atoms with Gasteiger partial charge in [-0.15, -0.1) is 0 Å². The van der Waals surface area contributed by atoms with Crippen molar-refractivity contribution >= 4 is 21.5 Å². The Morgan fingerprint density at radius 1 is 1.42 bits per heavy atom. The summed E-state index contributed by atoms with van der Waals surface area (Å²) in [5.41, 5.74) is 0.0231. The van der Waals surface area contributed by atoms with Gasteiger partial charge in [-0.05, 0) is 6.92 Å². The average Bonchev–Trinajstić information content (AvgIpc) is 2.64. The highest BCUT2D eigenvalue weighted by Gasteiger charge is 2.30. The zero-order chi connectivity index (χ0) is 8.85. The highest BCUT2D eigenvalue weighted by atomic mass is 35.5. The molecule has 0 amide bonds. The van der Waals surface area contributed by atoms with Crippen LogP contribution in [0, 0.1) is 0 Å². The van der Waals surface area contributed by atoms with E-state index >= 15 is 0 Å². The fourth-order valence-electron chi connectivity index (χ4n) is 0.217. The molecule has 12 heavy (non-hydrogen) atoms. The summed E-state index contributed by atoms with van der Waals surface area (Å²) in [6.07, 6.45) is -0.637. The standard InChI is InChI=1S/C3H5ClO.C3H8O3.H3P/c1-2-3(4)5-2;4-1-3(6)2-5;/h2-3H,1H3;3-6H,1-2H2;1H3. The number of epoxide rings is 1. The molecule has 0 bridgehead atoms. The quantitative estimate of drug-likeness (QED) is 0.328. The van der Waals surface area contributed by atoms with Crippen LogP contribution in [-0.2, 0) is 4.74 Å². The second-order valence-electron chi connectivity index (χ2n) is 2.21. The maximum atomic E-state index is 8.17. The molecule has 1 saturated heterocycles. The summed E-state index contributed by atoms with van der Waals surface area (Å²) >= 11 is 5.31. The van der Waals surface area contributed by atoms with Gasteiger partial charge in [0, 0.05) is 0 Å². The number of alkyl halides is 1. The van der Waals surface area contributed by atoms with Crippen molar-refractivity contribution in [2.75, 3.05) is 13.2 Å². The molecule has 0 aliphatic carbocycles. The first-order chi connectivity index (χ1) is 5.11. The highest BCUT2D eigenvalue weighted by Crippen LogP contribution is 2.23. The van der Waals surface area contributed by atoms with Crippen LogP contribution in [-0.4, -0.2) is 46.3 Å². The molecule has 0 radical (unpaired) electrons. The zero-order valence-corrected chi connectivity index (χ0v) is 9.15. The molecule has 0 aromatic carbocycles. The maximum absolute atomic E-state index is 8.17. The van der Waals surface area contributed by atoms with Crippen molar-refractivity contribution in [3.63, 3.8) is 0 Å². The second-order valence-corrected chi connectivity index (χ2v) is 2.64. The zero-order valence-electron chi connectivity index (χ0n) is 6.98. The van der Waals surface area contributed by atoms with E-state index in [2.05, 4.69) is 4.74 Å². The monoisotopic (exact) mass is 218 g/mol. The number of ether oxygens (including phenoxy) is 1. The van der Waals surface area contributed by atoms with Crippen molar-refractivity contribution in [1.29, 1.82) is 0 Å². The predicted molar refractivity (Wildman–Crippen MR) is 51.5 cm³/mol. The molecule has 76 valence electrons. The third kappa shape index (κ3) is 8.65. The first-order valence-corrected chi connectivity index (χ1v) is 3.74. The third-order valence-corrected chi connectivity index (χ3v) is 1.52. The minimum atomic E-state index is -0.954. The molecule has 1 fully saturated rings. The molecule has 6 heteroatoms. The predicted octanol–water partition coefficient (Wildman–Crippen LogP) is -0.640. The second kappa shape index (κ2) is 8.17. The summed E-state index contributed by atoms with van der Waals surface area (Å²) in [5.74, 6) is 0. The number of hydrogen-bond acceptors (Lipinski definition) is 4. The van der Waals surface area contributed by atoms with Crippen molar-refractivity contribution in [2.45, 2.75) is 24.7 Å². The number of aliphatic hydroxyl groups is 3.